The maximum atomic E-state index is 10.2. The van der Waals surface area contributed by atoms with Crippen molar-refractivity contribution in [2.75, 3.05) is 7.11 Å². The van der Waals surface area contributed by atoms with Crippen molar-refractivity contribution in [1.29, 1.82) is 0 Å². The lowest BCUT2D eigenvalue weighted by atomic mass is 10.1. The van der Waals surface area contributed by atoms with Crippen LogP contribution >= 0.6 is 0 Å². The molecule has 2 aromatic rings. The van der Waals surface area contributed by atoms with Gasteiger partial charge in [-0.3, -0.25) is 10.1 Å². The number of aromatic nitrogens is 1. The number of hydrogen-bond donors (Lipinski definition) is 1. The molecule has 1 heterocycles. The minimum atomic E-state index is -0.484. The monoisotopic (exact) mass is 218 g/mol. The normalized spacial score (nSPS) is 11.1. The Hall–Kier alpha value is -2.30. The fourth-order valence-corrected chi connectivity index (χ4v) is 1.53. The first-order chi connectivity index (χ1) is 7.70. The highest BCUT2D eigenvalue weighted by Crippen LogP contribution is 2.23. The predicted octanol–water partition coefficient (Wildman–Crippen LogP) is 2.42. The van der Waals surface area contributed by atoms with Crippen LogP contribution in [0.15, 0.2) is 30.6 Å². The maximum Gasteiger partial charge on any atom is 0.235 e. The van der Waals surface area contributed by atoms with Crippen LogP contribution in [0.5, 0.6) is 5.75 Å². The summed E-state index contributed by atoms with van der Waals surface area (Å²) in [7, 11) is 1.59. The average Bonchev–Trinajstić information content (AvgIpc) is 2.68. The van der Waals surface area contributed by atoms with Crippen LogP contribution in [0.2, 0.25) is 0 Å². The van der Waals surface area contributed by atoms with Crippen LogP contribution in [0.4, 0.5) is 0 Å². The van der Waals surface area contributed by atoms with Crippen molar-refractivity contribution in [2.24, 2.45) is 0 Å². The number of aromatic amines is 1. The molecule has 0 fully saturated rings. The third kappa shape index (κ3) is 1.88. The molecular formula is C11H10N2O3. The Morgan fingerprint density at radius 2 is 2.31 bits per heavy atom. The van der Waals surface area contributed by atoms with E-state index in [0.717, 1.165) is 28.4 Å². The summed E-state index contributed by atoms with van der Waals surface area (Å²) in [6, 6.07) is 5.53. The van der Waals surface area contributed by atoms with E-state index in [-0.39, 0.29) is 0 Å². The number of methoxy groups -OCH3 is 1. The quantitative estimate of drug-likeness (QED) is 0.635. The first kappa shape index (κ1) is 10.2. The van der Waals surface area contributed by atoms with Gasteiger partial charge in [-0.15, -0.1) is 0 Å². The highest BCUT2D eigenvalue weighted by molar-refractivity contribution is 5.89. The number of H-pyrrole nitrogens is 1. The molecule has 0 spiro atoms. The van der Waals surface area contributed by atoms with Crippen LogP contribution in [0.25, 0.3) is 17.0 Å². The van der Waals surface area contributed by atoms with Crippen LogP contribution in [0, 0.1) is 10.1 Å². The van der Waals surface area contributed by atoms with Gasteiger partial charge in [0.05, 0.1) is 12.0 Å². The summed E-state index contributed by atoms with van der Waals surface area (Å²) in [5.74, 6) is 0.749. The summed E-state index contributed by atoms with van der Waals surface area (Å²) >= 11 is 0. The lowest BCUT2D eigenvalue weighted by Crippen LogP contribution is -1.82. The van der Waals surface area contributed by atoms with Gasteiger partial charge in [0.15, 0.2) is 0 Å². The summed E-state index contributed by atoms with van der Waals surface area (Å²) in [4.78, 5) is 12.8. The van der Waals surface area contributed by atoms with Crippen molar-refractivity contribution < 1.29 is 9.66 Å². The highest BCUT2D eigenvalue weighted by atomic mass is 16.6. The largest absolute Gasteiger partial charge is 0.497 e. The van der Waals surface area contributed by atoms with Gasteiger partial charge < -0.3 is 9.72 Å². The van der Waals surface area contributed by atoms with Crippen molar-refractivity contribution in [3.05, 3.63) is 46.3 Å². The van der Waals surface area contributed by atoms with Crippen molar-refractivity contribution in [3.8, 4) is 5.75 Å². The molecule has 0 bridgehead atoms. The van der Waals surface area contributed by atoms with Crippen molar-refractivity contribution in [2.45, 2.75) is 0 Å². The van der Waals surface area contributed by atoms with E-state index in [1.807, 2.05) is 18.2 Å². The van der Waals surface area contributed by atoms with Gasteiger partial charge in [-0.1, -0.05) is 0 Å². The van der Waals surface area contributed by atoms with E-state index in [1.54, 1.807) is 13.3 Å². The minimum absolute atomic E-state index is 0.484. The molecule has 0 radical (unpaired) electrons. The van der Waals surface area contributed by atoms with Gasteiger partial charge in [0.25, 0.3) is 0 Å². The van der Waals surface area contributed by atoms with Gasteiger partial charge in [-0.05, 0) is 12.1 Å². The van der Waals surface area contributed by atoms with Crippen molar-refractivity contribution >= 4 is 17.0 Å². The number of hydrogen-bond acceptors (Lipinski definition) is 3. The smallest absolute Gasteiger partial charge is 0.235 e. The van der Waals surface area contributed by atoms with E-state index >= 15 is 0 Å². The summed E-state index contributed by atoms with van der Waals surface area (Å²) in [5.41, 5.74) is 1.68. The molecule has 16 heavy (non-hydrogen) atoms. The molecule has 1 N–H and O–H groups in total. The van der Waals surface area contributed by atoms with Gasteiger partial charge in [0, 0.05) is 34.8 Å². The van der Waals surface area contributed by atoms with Gasteiger partial charge in [0.2, 0.25) is 6.20 Å². The van der Waals surface area contributed by atoms with Gasteiger partial charge in [-0.2, -0.15) is 0 Å². The number of ether oxygens (including phenoxy) is 1. The van der Waals surface area contributed by atoms with Crippen molar-refractivity contribution in [1.82, 2.24) is 4.98 Å². The van der Waals surface area contributed by atoms with Gasteiger partial charge >= 0.3 is 0 Å². The van der Waals surface area contributed by atoms with Gasteiger partial charge in [0.1, 0.15) is 5.75 Å². The van der Waals surface area contributed by atoms with Crippen molar-refractivity contribution in [3.63, 3.8) is 0 Å². The third-order valence-corrected chi connectivity index (χ3v) is 2.30. The maximum absolute atomic E-state index is 10.2. The van der Waals surface area contributed by atoms with E-state index < -0.39 is 4.92 Å². The molecular weight excluding hydrogens is 208 g/mol. The topological polar surface area (TPSA) is 68.2 Å². The Bertz CT molecular complexity index is 557. The molecule has 1 aromatic heterocycles. The zero-order valence-corrected chi connectivity index (χ0v) is 8.64. The fraction of sp³-hybridized carbons (Fsp3) is 0.0909. The molecule has 1 aromatic carbocycles. The standard InChI is InChI=1S/C11H10N2O3/c1-16-9-2-3-10-8(4-5-13(14)15)7-12-11(10)6-9/h2-7,12H,1H3/b5-4+. The van der Waals surface area contributed by atoms with E-state index in [2.05, 4.69) is 4.98 Å². The second kappa shape index (κ2) is 4.06. The van der Waals surface area contributed by atoms with E-state index in [4.69, 9.17) is 4.74 Å². The number of fused-ring (bicyclic) bond motifs is 1. The predicted molar refractivity (Wildman–Crippen MR) is 60.9 cm³/mol. The molecule has 5 nitrogen and oxygen atoms in total. The number of rotatable bonds is 3. The molecule has 0 aliphatic heterocycles. The second-order valence-electron chi connectivity index (χ2n) is 3.26. The van der Waals surface area contributed by atoms with Crippen LogP contribution in [0.1, 0.15) is 5.56 Å². The SMILES string of the molecule is COc1ccc2c(/C=C/[N+](=O)[O-])c[nH]c2c1. The van der Waals surface area contributed by atoms with E-state index in [0.29, 0.717) is 0 Å². The Morgan fingerprint density at radius 3 is 3.00 bits per heavy atom. The molecule has 2 rings (SSSR count). The molecule has 0 saturated carbocycles. The molecule has 0 aliphatic carbocycles. The molecule has 0 saturated heterocycles. The first-order valence-electron chi connectivity index (χ1n) is 4.67. The lowest BCUT2D eigenvalue weighted by molar-refractivity contribution is -0.400. The van der Waals surface area contributed by atoms with E-state index in [9.17, 15) is 10.1 Å². The van der Waals surface area contributed by atoms with Crippen LogP contribution < -0.4 is 4.74 Å². The average molecular weight is 218 g/mol. The lowest BCUT2D eigenvalue weighted by Gasteiger charge is -1.98. The van der Waals surface area contributed by atoms with Crippen LogP contribution in [0.3, 0.4) is 0 Å². The fourth-order valence-electron chi connectivity index (χ4n) is 1.53. The number of nitrogens with zero attached hydrogens (tertiary/aromatic N) is 1. The Balaban J connectivity index is 2.45. The molecule has 0 unspecified atom stereocenters. The Labute approximate surface area is 91.5 Å². The summed E-state index contributed by atoms with van der Waals surface area (Å²) in [5, 5.41) is 11.1. The molecule has 0 amide bonds. The number of nitrogens with one attached hydrogen (secondary N) is 1. The molecule has 0 aliphatic rings. The number of benzene rings is 1. The van der Waals surface area contributed by atoms with E-state index in [1.165, 1.54) is 6.08 Å². The minimum Gasteiger partial charge on any atom is -0.497 e. The van der Waals surface area contributed by atoms with Gasteiger partial charge in [-0.25, -0.2) is 0 Å². The zero-order valence-electron chi connectivity index (χ0n) is 8.64. The number of nitro groups is 1. The molecule has 5 heteroatoms. The Kier molecular flexibility index (Phi) is 2.59. The molecule has 82 valence electrons. The summed E-state index contributed by atoms with van der Waals surface area (Å²) in [6.45, 7) is 0. The summed E-state index contributed by atoms with van der Waals surface area (Å²) < 4.78 is 5.08. The molecule has 0 atom stereocenters. The van der Waals surface area contributed by atoms with Crippen LogP contribution in [-0.2, 0) is 0 Å². The zero-order chi connectivity index (χ0) is 11.5. The Morgan fingerprint density at radius 1 is 1.50 bits per heavy atom. The highest BCUT2D eigenvalue weighted by Gasteiger charge is 2.03. The summed E-state index contributed by atoms with van der Waals surface area (Å²) in [6.07, 6.45) is 4.11. The first-order valence-corrected chi connectivity index (χ1v) is 4.67. The second-order valence-corrected chi connectivity index (χ2v) is 3.26. The van der Waals surface area contributed by atoms with Crippen LogP contribution in [-0.4, -0.2) is 17.0 Å². The third-order valence-electron chi connectivity index (χ3n) is 2.30.